The minimum atomic E-state index is -0.552. The SMILES string of the molecule is CN1CCNCC1CCNC(=O)c1cc(Cl)ccc1F. The molecule has 1 aromatic rings. The molecule has 2 N–H and O–H groups in total. The molecule has 1 fully saturated rings. The van der Waals surface area contributed by atoms with E-state index in [4.69, 9.17) is 11.6 Å². The van der Waals surface area contributed by atoms with Crippen molar-refractivity contribution in [2.75, 3.05) is 33.2 Å². The Kier molecular flexibility index (Phi) is 5.34. The van der Waals surface area contributed by atoms with Gasteiger partial charge < -0.3 is 15.5 Å². The summed E-state index contributed by atoms with van der Waals surface area (Å²) in [5, 5.41) is 6.42. The van der Waals surface area contributed by atoms with Crippen LogP contribution in [0, 0.1) is 5.82 Å². The number of benzene rings is 1. The zero-order chi connectivity index (χ0) is 14.5. The van der Waals surface area contributed by atoms with E-state index in [0.29, 0.717) is 17.6 Å². The third-order valence-electron chi connectivity index (χ3n) is 3.58. The maximum absolute atomic E-state index is 13.5. The second kappa shape index (κ2) is 7.02. The fourth-order valence-electron chi connectivity index (χ4n) is 2.30. The topological polar surface area (TPSA) is 44.4 Å². The Balaban J connectivity index is 1.84. The molecule has 0 radical (unpaired) electrons. The van der Waals surface area contributed by atoms with Crippen LogP contribution in [0.1, 0.15) is 16.8 Å². The van der Waals surface area contributed by atoms with Crippen LogP contribution in [0.25, 0.3) is 0 Å². The molecule has 0 spiro atoms. The Morgan fingerprint density at radius 1 is 1.60 bits per heavy atom. The predicted molar refractivity (Wildman–Crippen MR) is 77.6 cm³/mol. The van der Waals surface area contributed by atoms with E-state index in [-0.39, 0.29) is 5.56 Å². The van der Waals surface area contributed by atoms with Gasteiger partial charge in [-0.25, -0.2) is 4.39 Å². The van der Waals surface area contributed by atoms with Crippen molar-refractivity contribution in [3.63, 3.8) is 0 Å². The van der Waals surface area contributed by atoms with Gasteiger partial charge in [0.2, 0.25) is 0 Å². The highest BCUT2D eigenvalue weighted by atomic mass is 35.5. The molecule has 1 aliphatic heterocycles. The lowest BCUT2D eigenvalue weighted by Crippen LogP contribution is -2.50. The molecule has 1 heterocycles. The molecule has 2 rings (SSSR count). The van der Waals surface area contributed by atoms with Crippen molar-refractivity contribution in [3.8, 4) is 0 Å². The molecule has 20 heavy (non-hydrogen) atoms. The maximum Gasteiger partial charge on any atom is 0.254 e. The summed E-state index contributed by atoms with van der Waals surface area (Å²) in [5.41, 5.74) is -0.00683. The number of carbonyl (C=O) groups is 1. The van der Waals surface area contributed by atoms with Crippen molar-refractivity contribution >= 4 is 17.5 Å². The summed E-state index contributed by atoms with van der Waals surface area (Å²) in [5.74, 6) is -0.972. The average Bonchev–Trinajstić information content (AvgIpc) is 2.43. The lowest BCUT2D eigenvalue weighted by atomic mass is 10.1. The zero-order valence-electron chi connectivity index (χ0n) is 11.5. The summed E-state index contributed by atoms with van der Waals surface area (Å²) in [6.07, 6.45) is 0.831. The standard InChI is InChI=1S/C14H19ClFN3O/c1-19-7-6-17-9-11(19)4-5-18-14(20)12-8-10(15)2-3-13(12)16/h2-3,8,11,17H,4-7,9H2,1H3,(H,18,20). The van der Waals surface area contributed by atoms with Crippen LogP contribution in [-0.4, -0.2) is 50.1 Å². The van der Waals surface area contributed by atoms with E-state index in [9.17, 15) is 9.18 Å². The van der Waals surface area contributed by atoms with Crippen LogP contribution in [0.2, 0.25) is 5.02 Å². The molecule has 1 saturated heterocycles. The van der Waals surface area contributed by atoms with Gasteiger partial charge in [0.1, 0.15) is 5.82 Å². The van der Waals surface area contributed by atoms with Gasteiger partial charge in [-0.3, -0.25) is 4.79 Å². The number of piperazine rings is 1. The number of amides is 1. The first kappa shape index (κ1) is 15.2. The number of hydrogen-bond acceptors (Lipinski definition) is 3. The summed E-state index contributed by atoms with van der Waals surface area (Å²) in [7, 11) is 2.07. The molecule has 0 aliphatic carbocycles. The lowest BCUT2D eigenvalue weighted by molar-refractivity contribution is 0.0942. The second-order valence-corrected chi connectivity index (χ2v) is 5.44. The average molecular weight is 300 g/mol. The van der Waals surface area contributed by atoms with Crippen molar-refractivity contribution in [2.24, 2.45) is 0 Å². The van der Waals surface area contributed by atoms with Crippen LogP contribution in [0.4, 0.5) is 4.39 Å². The number of hydrogen-bond donors (Lipinski definition) is 2. The van der Waals surface area contributed by atoms with Gasteiger partial charge in [-0.15, -0.1) is 0 Å². The lowest BCUT2D eigenvalue weighted by Gasteiger charge is -2.33. The highest BCUT2D eigenvalue weighted by molar-refractivity contribution is 6.30. The Morgan fingerprint density at radius 2 is 2.40 bits per heavy atom. The molecule has 0 saturated carbocycles. The molecule has 0 aromatic heterocycles. The first-order valence-corrected chi connectivity index (χ1v) is 7.10. The molecule has 1 amide bonds. The van der Waals surface area contributed by atoms with Crippen LogP contribution in [0.5, 0.6) is 0 Å². The number of likely N-dealkylation sites (N-methyl/N-ethyl adjacent to an activating group) is 1. The molecule has 1 aromatic carbocycles. The largest absolute Gasteiger partial charge is 0.352 e. The van der Waals surface area contributed by atoms with Crippen LogP contribution in [0.15, 0.2) is 18.2 Å². The predicted octanol–water partition coefficient (Wildman–Crippen LogP) is 1.50. The first-order valence-electron chi connectivity index (χ1n) is 6.72. The van der Waals surface area contributed by atoms with E-state index < -0.39 is 11.7 Å². The van der Waals surface area contributed by atoms with E-state index in [2.05, 4.69) is 22.6 Å². The van der Waals surface area contributed by atoms with Crippen LogP contribution in [0.3, 0.4) is 0 Å². The summed E-state index contributed by atoms with van der Waals surface area (Å²) in [4.78, 5) is 14.2. The molecule has 4 nitrogen and oxygen atoms in total. The van der Waals surface area contributed by atoms with E-state index >= 15 is 0 Å². The van der Waals surface area contributed by atoms with Gasteiger partial charge in [-0.05, 0) is 31.7 Å². The summed E-state index contributed by atoms with van der Waals surface area (Å²) >= 11 is 5.77. The van der Waals surface area contributed by atoms with Gasteiger partial charge in [0.05, 0.1) is 5.56 Å². The molecule has 1 aliphatic rings. The number of halogens is 2. The molecule has 1 unspecified atom stereocenters. The fourth-order valence-corrected chi connectivity index (χ4v) is 2.48. The maximum atomic E-state index is 13.5. The number of rotatable bonds is 4. The van der Waals surface area contributed by atoms with Crippen molar-refractivity contribution in [1.29, 1.82) is 0 Å². The van der Waals surface area contributed by atoms with E-state index in [1.54, 1.807) is 0 Å². The van der Waals surface area contributed by atoms with Gasteiger partial charge in [-0.2, -0.15) is 0 Å². The van der Waals surface area contributed by atoms with Gasteiger partial charge in [-0.1, -0.05) is 11.6 Å². The zero-order valence-corrected chi connectivity index (χ0v) is 12.2. The monoisotopic (exact) mass is 299 g/mol. The van der Waals surface area contributed by atoms with Gasteiger partial charge >= 0.3 is 0 Å². The Labute approximate surface area is 123 Å². The Hall–Kier alpha value is -1.17. The second-order valence-electron chi connectivity index (χ2n) is 5.01. The quantitative estimate of drug-likeness (QED) is 0.886. The Morgan fingerprint density at radius 3 is 3.15 bits per heavy atom. The minimum Gasteiger partial charge on any atom is -0.352 e. The minimum absolute atomic E-state index is 0.00683. The number of nitrogens with one attached hydrogen (secondary N) is 2. The molecule has 6 heteroatoms. The number of nitrogens with zero attached hydrogens (tertiary/aromatic N) is 1. The normalized spacial score (nSPS) is 19.9. The van der Waals surface area contributed by atoms with Crippen molar-refractivity contribution < 1.29 is 9.18 Å². The molecule has 110 valence electrons. The summed E-state index contributed by atoms with van der Waals surface area (Å²) < 4.78 is 13.5. The molecule has 1 atom stereocenters. The van der Waals surface area contributed by atoms with Gasteiger partial charge in [0.25, 0.3) is 5.91 Å². The highest BCUT2D eigenvalue weighted by Crippen LogP contribution is 2.14. The molecule has 0 bridgehead atoms. The first-order chi connectivity index (χ1) is 9.58. The third kappa shape index (κ3) is 3.91. The smallest absolute Gasteiger partial charge is 0.254 e. The Bertz CT molecular complexity index is 483. The fraction of sp³-hybridized carbons (Fsp3) is 0.500. The van der Waals surface area contributed by atoms with Crippen LogP contribution < -0.4 is 10.6 Å². The number of carbonyl (C=O) groups excluding carboxylic acids is 1. The van der Waals surface area contributed by atoms with Gasteiger partial charge in [0.15, 0.2) is 0 Å². The molecular weight excluding hydrogens is 281 g/mol. The van der Waals surface area contributed by atoms with Gasteiger partial charge in [0, 0.05) is 37.2 Å². The summed E-state index contributed by atoms with van der Waals surface area (Å²) in [6.45, 7) is 3.42. The molecular formula is C14H19ClFN3O. The van der Waals surface area contributed by atoms with Crippen molar-refractivity contribution in [1.82, 2.24) is 15.5 Å². The van der Waals surface area contributed by atoms with Crippen molar-refractivity contribution in [3.05, 3.63) is 34.6 Å². The third-order valence-corrected chi connectivity index (χ3v) is 3.82. The van der Waals surface area contributed by atoms with Crippen molar-refractivity contribution in [2.45, 2.75) is 12.5 Å². The van der Waals surface area contributed by atoms with E-state index in [1.165, 1.54) is 18.2 Å². The van der Waals surface area contributed by atoms with Crippen LogP contribution >= 0.6 is 11.6 Å². The van der Waals surface area contributed by atoms with E-state index in [0.717, 1.165) is 26.1 Å². The highest BCUT2D eigenvalue weighted by Gasteiger charge is 2.18. The van der Waals surface area contributed by atoms with Crippen LogP contribution in [-0.2, 0) is 0 Å². The summed E-state index contributed by atoms with van der Waals surface area (Å²) in [6, 6.07) is 4.38. The van der Waals surface area contributed by atoms with E-state index in [1.807, 2.05) is 0 Å².